The summed E-state index contributed by atoms with van der Waals surface area (Å²) in [5.41, 5.74) is 1.55. The number of rotatable bonds is 8. The molecular weight excluding hydrogens is 600 g/mol. The summed E-state index contributed by atoms with van der Waals surface area (Å²) < 4.78 is 13.8. The zero-order valence-electron chi connectivity index (χ0n) is 27.2. The van der Waals surface area contributed by atoms with Gasteiger partial charge in [-0.2, -0.15) is 10.2 Å². The van der Waals surface area contributed by atoms with Crippen LogP contribution in [-0.4, -0.2) is 98.5 Å². The van der Waals surface area contributed by atoms with E-state index in [4.69, 9.17) is 24.5 Å². The van der Waals surface area contributed by atoms with E-state index in [1.807, 2.05) is 62.1 Å². The molecule has 0 bridgehead atoms. The highest BCUT2D eigenvalue weighted by Gasteiger charge is 2.33. The van der Waals surface area contributed by atoms with Gasteiger partial charge in [0.1, 0.15) is 12.4 Å². The molecule has 2 aliphatic heterocycles. The lowest BCUT2D eigenvalue weighted by molar-refractivity contribution is -0.142. The third-order valence-electron chi connectivity index (χ3n) is 8.94. The number of fused-ring (bicyclic) bond motifs is 2. The van der Waals surface area contributed by atoms with Gasteiger partial charge < -0.3 is 29.3 Å². The predicted molar refractivity (Wildman–Crippen MR) is 175 cm³/mol. The van der Waals surface area contributed by atoms with Crippen molar-refractivity contribution in [1.29, 1.82) is 5.26 Å². The van der Waals surface area contributed by atoms with Crippen LogP contribution < -0.4 is 14.4 Å². The van der Waals surface area contributed by atoms with Crippen molar-refractivity contribution >= 4 is 34.3 Å². The molecule has 0 saturated carbocycles. The van der Waals surface area contributed by atoms with Crippen molar-refractivity contribution < 1.29 is 24.2 Å². The molecule has 2 aromatic carbocycles. The maximum absolute atomic E-state index is 12.8. The van der Waals surface area contributed by atoms with Crippen molar-refractivity contribution in [3.05, 3.63) is 53.9 Å². The molecule has 0 unspecified atom stereocenters. The summed E-state index contributed by atoms with van der Waals surface area (Å²) in [6.07, 6.45) is 3.32. The zero-order valence-corrected chi connectivity index (χ0v) is 27.2. The zero-order chi connectivity index (χ0) is 33.3. The van der Waals surface area contributed by atoms with Gasteiger partial charge in [-0.05, 0) is 75.7 Å². The number of anilines is 1. The molecule has 2 atom stereocenters. The Morgan fingerprint density at radius 3 is 2.66 bits per heavy atom. The second kappa shape index (κ2) is 13.0. The van der Waals surface area contributed by atoms with Crippen molar-refractivity contribution in [2.45, 2.75) is 58.5 Å². The molecule has 13 nitrogen and oxygen atoms in total. The normalized spacial score (nSPS) is 18.9. The van der Waals surface area contributed by atoms with Gasteiger partial charge in [-0.1, -0.05) is 24.3 Å². The highest BCUT2D eigenvalue weighted by Crippen LogP contribution is 2.31. The van der Waals surface area contributed by atoms with Gasteiger partial charge >= 0.3 is 18.1 Å². The van der Waals surface area contributed by atoms with Gasteiger partial charge in [0.2, 0.25) is 0 Å². The number of aromatic nitrogens is 4. The largest absolute Gasteiger partial charge is 0.465 e. The highest BCUT2D eigenvalue weighted by molar-refractivity contribution is 5.88. The van der Waals surface area contributed by atoms with Crippen molar-refractivity contribution in [2.24, 2.45) is 5.41 Å². The van der Waals surface area contributed by atoms with Crippen molar-refractivity contribution in [1.82, 2.24) is 29.4 Å². The summed E-state index contributed by atoms with van der Waals surface area (Å²) in [5.74, 6) is 0.664. The van der Waals surface area contributed by atoms with Gasteiger partial charge in [0.05, 0.1) is 35.8 Å². The number of piperazine rings is 1. The average molecular weight is 641 g/mol. The van der Waals surface area contributed by atoms with E-state index < -0.39 is 17.6 Å². The molecule has 0 radical (unpaired) electrons. The van der Waals surface area contributed by atoms with Gasteiger partial charge in [-0.15, -0.1) is 5.10 Å². The second-order valence-corrected chi connectivity index (χ2v) is 13.3. The quantitative estimate of drug-likeness (QED) is 0.216. The number of carbonyl (C=O) groups excluding carboxylic acids is 1. The van der Waals surface area contributed by atoms with Crippen LogP contribution in [0.1, 0.15) is 51.3 Å². The molecular formula is C34H40N8O5. The van der Waals surface area contributed by atoms with E-state index in [0.29, 0.717) is 36.8 Å². The van der Waals surface area contributed by atoms with Crippen LogP contribution in [0.15, 0.2) is 42.6 Å². The lowest BCUT2D eigenvalue weighted by Crippen LogP contribution is -2.55. The maximum Gasteiger partial charge on any atom is 0.407 e. The van der Waals surface area contributed by atoms with Gasteiger partial charge in [0.15, 0.2) is 11.5 Å². The topological polar surface area (TPSA) is 149 Å². The number of carbonyl (C=O) groups is 2. The number of esters is 1. The van der Waals surface area contributed by atoms with E-state index in [2.05, 4.69) is 18.0 Å². The summed E-state index contributed by atoms with van der Waals surface area (Å²) in [6.45, 7) is 7.79. The van der Waals surface area contributed by atoms with E-state index in [1.54, 1.807) is 10.7 Å². The molecule has 6 rings (SSSR count). The standard InChI is InChI=1S/C34H40N8O5/c1-34(2,3)31(43)47-27-17-22-8-5-6-10-28(22)23(18-27)16-26-19-36-29-30(40-14-15-41(33(44)45)24(20-40)11-12-35)37-32(38-42(26)29)46-21-25-9-7-13-39(25)4/h5-6,8,10,17-19,24-25H,7,9,11,13-16,20-21H2,1-4H3,(H,44,45)/t24-,25-/m0/s1. The molecule has 4 heterocycles. The molecule has 2 aromatic heterocycles. The number of hydrogen-bond donors (Lipinski definition) is 1. The summed E-state index contributed by atoms with van der Waals surface area (Å²) in [5, 5.41) is 25.9. The Bertz CT molecular complexity index is 1840. The van der Waals surface area contributed by atoms with E-state index in [1.165, 1.54) is 4.90 Å². The number of hydrogen-bond acceptors (Lipinski definition) is 10. The minimum absolute atomic E-state index is 0.0600. The molecule has 4 aromatic rings. The molecule has 1 amide bonds. The number of benzene rings is 2. The average Bonchev–Trinajstić information content (AvgIpc) is 3.64. The Kier molecular flexibility index (Phi) is 8.88. The SMILES string of the molecule is CN1CCC[C@H]1COc1nc(N2CCN(C(=O)O)[C@@H](CC#N)C2)c2ncc(Cc3cc(OC(=O)C(C)(C)C)cc4ccccc34)n2n1. The van der Waals surface area contributed by atoms with E-state index in [0.717, 1.165) is 41.4 Å². The van der Waals surface area contributed by atoms with E-state index >= 15 is 0 Å². The molecule has 0 spiro atoms. The summed E-state index contributed by atoms with van der Waals surface area (Å²) >= 11 is 0. The Morgan fingerprint density at radius 1 is 1.13 bits per heavy atom. The second-order valence-electron chi connectivity index (χ2n) is 13.3. The molecule has 1 N–H and O–H groups in total. The van der Waals surface area contributed by atoms with Crippen LogP contribution in [0, 0.1) is 16.7 Å². The smallest absolute Gasteiger partial charge is 0.407 e. The number of amides is 1. The monoisotopic (exact) mass is 640 g/mol. The number of ether oxygens (including phenoxy) is 2. The Morgan fingerprint density at radius 2 is 1.94 bits per heavy atom. The van der Waals surface area contributed by atoms with Crippen molar-refractivity contribution in [3.63, 3.8) is 0 Å². The summed E-state index contributed by atoms with van der Waals surface area (Å²) in [6, 6.07) is 13.8. The van der Waals surface area contributed by atoms with Crippen LogP contribution in [0.3, 0.4) is 0 Å². The first kappa shape index (κ1) is 32.0. The molecule has 2 fully saturated rings. The van der Waals surface area contributed by atoms with Crippen LogP contribution in [0.5, 0.6) is 11.8 Å². The first-order valence-electron chi connectivity index (χ1n) is 15.9. The van der Waals surface area contributed by atoms with E-state index in [9.17, 15) is 20.0 Å². The minimum Gasteiger partial charge on any atom is -0.465 e. The third-order valence-corrected chi connectivity index (χ3v) is 8.94. The molecule has 2 saturated heterocycles. The number of nitrogens with zero attached hydrogens (tertiary/aromatic N) is 8. The van der Waals surface area contributed by atoms with Crippen molar-refractivity contribution in [3.8, 4) is 17.8 Å². The lowest BCUT2D eigenvalue weighted by Gasteiger charge is -2.39. The fraction of sp³-hybridized carbons (Fsp3) is 0.471. The van der Waals surface area contributed by atoms with Gasteiger partial charge in [0, 0.05) is 32.1 Å². The number of likely N-dealkylation sites (N-methyl/N-ethyl adjacent to an activating group) is 1. The number of imidazole rings is 1. The Balaban J connectivity index is 1.39. The van der Waals surface area contributed by atoms with Gasteiger partial charge in [-0.3, -0.25) is 4.79 Å². The number of likely N-dealkylation sites (tertiary alicyclic amines) is 1. The van der Waals surface area contributed by atoms with Gasteiger partial charge in [0.25, 0.3) is 0 Å². The lowest BCUT2D eigenvalue weighted by atomic mass is 9.97. The molecule has 246 valence electrons. The van der Waals surface area contributed by atoms with Gasteiger partial charge in [-0.25, -0.2) is 14.3 Å². The molecule has 13 heteroatoms. The van der Waals surface area contributed by atoms with Crippen LogP contribution in [0.4, 0.5) is 10.6 Å². The Labute approximate surface area is 273 Å². The van der Waals surface area contributed by atoms with Crippen LogP contribution in [-0.2, 0) is 11.2 Å². The molecule has 47 heavy (non-hydrogen) atoms. The first-order chi connectivity index (χ1) is 22.5. The maximum atomic E-state index is 12.8. The fourth-order valence-electron chi connectivity index (χ4n) is 6.25. The summed E-state index contributed by atoms with van der Waals surface area (Å²) in [4.78, 5) is 39.7. The highest BCUT2D eigenvalue weighted by atomic mass is 16.5. The van der Waals surface area contributed by atoms with Crippen LogP contribution in [0.25, 0.3) is 16.4 Å². The molecule has 2 aliphatic rings. The number of nitriles is 1. The fourth-order valence-corrected chi connectivity index (χ4v) is 6.25. The predicted octanol–water partition coefficient (Wildman–Crippen LogP) is 4.38. The molecule has 0 aliphatic carbocycles. The number of carboxylic acid groups (broad SMARTS) is 1. The van der Waals surface area contributed by atoms with E-state index in [-0.39, 0.29) is 37.5 Å². The minimum atomic E-state index is -1.05. The van der Waals surface area contributed by atoms with Crippen LogP contribution in [0.2, 0.25) is 0 Å². The summed E-state index contributed by atoms with van der Waals surface area (Å²) in [7, 11) is 2.08. The first-order valence-corrected chi connectivity index (χ1v) is 15.9. The Hall–Kier alpha value is -4.96. The third kappa shape index (κ3) is 6.78. The van der Waals surface area contributed by atoms with Crippen LogP contribution >= 0.6 is 0 Å². The van der Waals surface area contributed by atoms with Crippen molar-refractivity contribution in [2.75, 3.05) is 44.7 Å².